The van der Waals surface area contributed by atoms with Gasteiger partial charge in [-0.25, -0.2) is 0 Å². The average Bonchev–Trinajstić information content (AvgIpc) is 3.41. The van der Waals surface area contributed by atoms with Gasteiger partial charge in [0.1, 0.15) is 0 Å². The zero-order chi connectivity index (χ0) is 51.5. The first-order valence-electron chi connectivity index (χ1n) is 22.7. The topological polar surface area (TPSA) is 183 Å². The third-order valence-corrected chi connectivity index (χ3v) is 12.1. The van der Waals surface area contributed by atoms with Crippen molar-refractivity contribution in [2.75, 3.05) is 0 Å². The summed E-state index contributed by atoms with van der Waals surface area (Å²) in [6.45, 7) is 11.2. The second kappa shape index (κ2) is 37.5. The van der Waals surface area contributed by atoms with Gasteiger partial charge in [-0.2, -0.15) is 0 Å². The maximum absolute atomic E-state index is 10.8. The molecular formula is C58H54Br2N8Ni2O4P2+2. The first-order chi connectivity index (χ1) is 34.9. The fourth-order valence-corrected chi connectivity index (χ4v) is 8.45. The van der Waals surface area contributed by atoms with Crippen molar-refractivity contribution in [1.82, 2.24) is 39.9 Å². The van der Waals surface area contributed by atoms with Crippen molar-refractivity contribution < 1.29 is 85.9 Å². The SMILES string of the molecule is Cc1cc(C)c([P+](=O)[O-])c(C)c1.Cc1cc(C)c([P+](=O)[O-])c(C)c1.[Br-].[Br-].[Ni+2].[Ni+2].c1ccc(-c2ccccn2)nc1.c1ccc(-c2ccccn2)nc1.c1ccc(-c2ccccn2)nc1.c1ccc(-c2ccccn2)nc1. The first-order valence-corrected chi connectivity index (χ1v) is 25.0. The molecular weight excluding hydrogens is 1210 g/mol. The van der Waals surface area contributed by atoms with E-state index in [0.717, 1.165) is 78.9 Å². The van der Waals surface area contributed by atoms with E-state index in [-0.39, 0.29) is 66.9 Å². The second-order valence-electron chi connectivity index (χ2n) is 15.7. The molecule has 0 N–H and O–H groups in total. The van der Waals surface area contributed by atoms with E-state index in [9.17, 15) is 18.9 Å². The van der Waals surface area contributed by atoms with E-state index in [1.807, 2.05) is 211 Å². The van der Waals surface area contributed by atoms with Crippen LogP contribution in [-0.4, -0.2) is 39.9 Å². The van der Waals surface area contributed by atoms with Gasteiger partial charge in [-0.05, 0) is 139 Å². The molecule has 2 unspecified atom stereocenters. The molecule has 10 aromatic rings. The fourth-order valence-electron chi connectivity index (χ4n) is 7.03. The van der Waals surface area contributed by atoms with E-state index in [1.165, 1.54) is 0 Å². The van der Waals surface area contributed by atoms with Crippen molar-refractivity contribution >= 4 is 26.7 Å². The number of pyridine rings is 8. The summed E-state index contributed by atoms with van der Waals surface area (Å²) in [4.78, 5) is 55.1. The van der Waals surface area contributed by atoms with E-state index < -0.39 is 16.1 Å². The molecule has 0 saturated carbocycles. The number of rotatable bonds is 6. The molecule has 2 atom stereocenters. The predicted octanol–water partition coefficient (Wildman–Crippen LogP) is 5.26. The summed E-state index contributed by atoms with van der Waals surface area (Å²) in [6.07, 6.45) is 14.1. The molecule has 8 aromatic heterocycles. The maximum Gasteiger partial charge on any atom is 2.00 e. The van der Waals surface area contributed by atoms with Crippen molar-refractivity contribution in [3.05, 3.63) is 253 Å². The normalized spacial score (nSPS) is 9.74. The van der Waals surface area contributed by atoms with E-state index >= 15 is 0 Å². The molecule has 2 aromatic carbocycles. The summed E-state index contributed by atoms with van der Waals surface area (Å²) in [6, 6.07) is 53.9. The molecule has 0 saturated heterocycles. The van der Waals surface area contributed by atoms with E-state index in [1.54, 1.807) is 49.6 Å². The number of hydrogen-bond acceptors (Lipinski definition) is 12. The van der Waals surface area contributed by atoms with Crippen LogP contribution in [0.1, 0.15) is 33.4 Å². The molecule has 12 nitrogen and oxygen atoms in total. The first kappa shape index (κ1) is 67.7. The molecule has 8 heterocycles. The number of halogens is 2. The van der Waals surface area contributed by atoms with Crippen LogP contribution < -0.4 is 54.4 Å². The Morgan fingerprint density at radius 2 is 0.434 bits per heavy atom. The fraction of sp³-hybridized carbons (Fsp3) is 0.103. The predicted molar refractivity (Wildman–Crippen MR) is 286 cm³/mol. The summed E-state index contributed by atoms with van der Waals surface area (Å²) in [7, 11) is -4.90. The van der Waals surface area contributed by atoms with Gasteiger partial charge in [-0.15, -0.1) is 0 Å². The Morgan fingerprint density at radius 3 is 0.539 bits per heavy atom. The van der Waals surface area contributed by atoms with E-state index in [4.69, 9.17) is 0 Å². The summed E-state index contributed by atoms with van der Waals surface area (Å²) in [5.74, 6) is 0. The molecule has 0 fully saturated rings. The zero-order valence-corrected chi connectivity index (χ0v) is 49.2. The van der Waals surface area contributed by atoms with Crippen molar-refractivity contribution in [3.63, 3.8) is 0 Å². The monoisotopic (exact) mass is 1260 g/mol. The smallest absolute Gasteiger partial charge is 1.00 e. The Morgan fingerprint density at radius 1 is 0.289 bits per heavy atom. The van der Waals surface area contributed by atoms with Crippen LogP contribution >= 0.6 is 16.1 Å². The molecule has 0 aliphatic rings. The van der Waals surface area contributed by atoms with Crippen LogP contribution in [0, 0.1) is 41.5 Å². The number of nitrogens with zero attached hydrogens (tertiary/aromatic N) is 8. The number of hydrogen-bond donors (Lipinski definition) is 0. The van der Waals surface area contributed by atoms with Crippen LogP contribution in [0.2, 0.25) is 0 Å². The molecule has 18 heteroatoms. The molecule has 0 aliphatic carbocycles. The van der Waals surface area contributed by atoms with Gasteiger partial charge in [-0.3, -0.25) is 39.9 Å². The van der Waals surface area contributed by atoms with Gasteiger partial charge in [0.15, 0.2) is 10.6 Å². The minimum atomic E-state index is -2.45. The van der Waals surface area contributed by atoms with Crippen LogP contribution in [0.15, 0.2) is 219 Å². The Kier molecular flexibility index (Phi) is 33.4. The Balaban J connectivity index is 0.000000451. The van der Waals surface area contributed by atoms with E-state index in [0.29, 0.717) is 10.6 Å². The van der Waals surface area contributed by atoms with Crippen LogP contribution in [0.3, 0.4) is 0 Å². The third kappa shape index (κ3) is 23.3. The van der Waals surface area contributed by atoms with Gasteiger partial charge >= 0.3 is 49.0 Å². The van der Waals surface area contributed by atoms with Crippen molar-refractivity contribution in [2.45, 2.75) is 41.5 Å². The number of aromatic nitrogens is 8. The molecule has 392 valence electrons. The van der Waals surface area contributed by atoms with Crippen LogP contribution in [0.25, 0.3) is 45.6 Å². The van der Waals surface area contributed by atoms with Gasteiger partial charge in [0.2, 0.25) is 0 Å². The molecule has 76 heavy (non-hydrogen) atoms. The Bertz CT molecular complexity index is 2630. The van der Waals surface area contributed by atoms with Crippen LogP contribution in [0.5, 0.6) is 0 Å². The zero-order valence-electron chi connectivity index (χ0n) is 42.3. The number of benzene rings is 2. The van der Waals surface area contributed by atoms with Crippen molar-refractivity contribution in [1.29, 1.82) is 0 Å². The van der Waals surface area contributed by atoms with Gasteiger partial charge in [0.05, 0.1) is 45.6 Å². The minimum Gasteiger partial charge on any atom is -1.00 e. The third-order valence-electron chi connectivity index (χ3n) is 10.0. The summed E-state index contributed by atoms with van der Waals surface area (Å²) in [5, 5.41) is 0.936. The molecule has 0 aliphatic heterocycles. The van der Waals surface area contributed by atoms with Gasteiger partial charge in [-0.1, -0.05) is 93.1 Å². The Labute approximate surface area is 488 Å². The molecule has 0 radical (unpaired) electrons. The van der Waals surface area contributed by atoms with Crippen LogP contribution in [-0.2, 0) is 42.1 Å². The quantitative estimate of drug-likeness (QED) is 0.156. The minimum absolute atomic E-state index is 0. The van der Waals surface area contributed by atoms with E-state index in [2.05, 4.69) is 39.9 Å². The van der Waals surface area contributed by atoms with Gasteiger partial charge < -0.3 is 43.7 Å². The summed E-state index contributed by atoms with van der Waals surface area (Å²) < 4.78 is 21.6. The molecule has 0 spiro atoms. The summed E-state index contributed by atoms with van der Waals surface area (Å²) >= 11 is 0. The average molecular weight is 1270 g/mol. The van der Waals surface area contributed by atoms with Crippen LogP contribution in [0.4, 0.5) is 0 Å². The Hall–Kier alpha value is -6.29. The van der Waals surface area contributed by atoms with Gasteiger partial charge in [0.25, 0.3) is 0 Å². The largest absolute Gasteiger partial charge is 2.00 e. The standard InChI is InChI=1S/4C10H8N2.2C9H11O2P.2BrH.2Ni/c4*1-3-7-11-9(5-1)10-6-2-4-8-12-10;2*1-6-4-7(2)9(12(10)11)8(3)5-6;;;;/h4*1-8H;2*4-5H,1-3H3;2*1H;;/q;;;;;;;;2*+2/p-2. The van der Waals surface area contributed by atoms with Gasteiger partial charge in [0, 0.05) is 71.8 Å². The molecule has 10 rings (SSSR count). The summed E-state index contributed by atoms with van der Waals surface area (Å²) in [5.41, 5.74) is 12.9. The van der Waals surface area contributed by atoms with Crippen molar-refractivity contribution in [2.24, 2.45) is 0 Å². The maximum atomic E-state index is 10.8. The second-order valence-corrected chi connectivity index (χ2v) is 17.7. The number of aryl methyl sites for hydroxylation is 6. The molecule has 0 bridgehead atoms. The molecule has 0 amide bonds. The van der Waals surface area contributed by atoms with Crippen molar-refractivity contribution in [3.8, 4) is 45.6 Å².